The van der Waals surface area contributed by atoms with Crippen molar-refractivity contribution in [3.8, 4) is 5.75 Å². The van der Waals surface area contributed by atoms with Crippen LogP contribution in [0.5, 0.6) is 5.75 Å². The molecule has 0 atom stereocenters. The summed E-state index contributed by atoms with van der Waals surface area (Å²) in [6.07, 6.45) is 0. The van der Waals surface area contributed by atoms with Gasteiger partial charge in [-0.1, -0.05) is 60.5 Å². The van der Waals surface area contributed by atoms with Gasteiger partial charge in [-0.15, -0.1) is 0 Å². The van der Waals surface area contributed by atoms with Crippen molar-refractivity contribution >= 4 is 23.2 Å². The van der Waals surface area contributed by atoms with Crippen molar-refractivity contribution < 1.29 is 4.74 Å². The van der Waals surface area contributed by atoms with Gasteiger partial charge in [-0.3, -0.25) is 0 Å². The van der Waals surface area contributed by atoms with Crippen molar-refractivity contribution in [2.24, 2.45) is 0 Å². The highest BCUT2D eigenvalue weighted by Crippen LogP contribution is 2.32. The summed E-state index contributed by atoms with van der Waals surface area (Å²) in [5.41, 5.74) is 2.37. The average molecular weight is 310 g/mol. The first-order chi connectivity index (χ1) is 9.72. The molecule has 0 radical (unpaired) electrons. The van der Waals surface area contributed by atoms with E-state index in [0.29, 0.717) is 22.4 Å². The molecule has 4 heteroatoms. The minimum absolute atomic E-state index is 0.457. The second-order valence-electron chi connectivity index (χ2n) is 4.39. The number of benzene rings is 2. The van der Waals surface area contributed by atoms with Gasteiger partial charge in [-0.2, -0.15) is 0 Å². The summed E-state index contributed by atoms with van der Waals surface area (Å²) in [4.78, 5) is 0. The van der Waals surface area contributed by atoms with E-state index in [-0.39, 0.29) is 0 Å². The molecule has 0 spiro atoms. The summed E-state index contributed by atoms with van der Waals surface area (Å²) in [6, 6.07) is 13.6. The second kappa shape index (κ2) is 7.53. The van der Waals surface area contributed by atoms with E-state index in [4.69, 9.17) is 27.9 Å². The molecular formula is C16H17Cl2NO. The standard InChI is InChI=1S/C16H17Cl2NO/c1-2-19-10-12-6-3-4-7-13(12)11-20-15-9-5-8-14(17)16(15)18/h3-9,19H,2,10-11H2,1H3. The fourth-order valence-electron chi connectivity index (χ4n) is 1.88. The van der Waals surface area contributed by atoms with E-state index in [2.05, 4.69) is 24.4 Å². The molecule has 0 amide bonds. The van der Waals surface area contributed by atoms with Gasteiger partial charge in [-0.25, -0.2) is 0 Å². The van der Waals surface area contributed by atoms with Crippen LogP contribution in [0.15, 0.2) is 42.5 Å². The fourth-order valence-corrected chi connectivity index (χ4v) is 2.23. The van der Waals surface area contributed by atoms with Gasteiger partial charge in [0.15, 0.2) is 0 Å². The lowest BCUT2D eigenvalue weighted by Gasteiger charge is -2.12. The molecule has 0 aliphatic rings. The first kappa shape index (κ1) is 15.2. The van der Waals surface area contributed by atoms with E-state index >= 15 is 0 Å². The Hall–Kier alpha value is -1.22. The molecule has 0 unspecified atom stereocenters. The summed E-state index contributed by atoms with van der Waals surface area (Å²) < 4.78 is 5.78. The van der Waals surface area contributed by atoms with Crippen LogP contribution >= 0.6 is 23.2 Å². The van der Waals surface area contributed by atoms with Gasteiger partial charge in [0.1, 0.15) is 17.4 Å². The van der Waals surface area contributed by atoms with Crippen LogP contribution in [-0.4, -0.2) is 6.54 Å². The molecule has 2 aromatic carbocycles. The predicted molar refractivity (Wildman–Crippen MR) is 84.6 cm³/mol. The third-order valence-corrected chi connectivity index (χ3v) is 3.78. The zero-order valence-electron chi connectivity index (χ0n) is 11.3. The lowest BCUT2D eigenvalue weighted by atomic mass is 10.1. The Morgan fingerprint density at radius 2 is 1.75 bits per heavy atom. The van der Waals surface area contributed by atoms with Crippen LogP contribution in [-0.2, 0) is 13.2 Å². The van der Waals surface area contributed by atoms with Crippen LogP contribution in [0.4, 0.5) is 0 Å². The quantitative estimate of drug-likeness (QED) is 0.836. The van der Waals surface area contributed by atoms with Gasteiger partial charge in [0.2, 0.25) is 0 Å². The molecule has 106 valence electrons. The van der Waals surface area contributed by atoms with E-state index in [0.717, 1.165) is 18.7 Å². The number of hydrogen-bond acceptors (Lipinski definition) is 2. The van der Waals surface area contributed by atoms with E-state index in [1.54, 1.807) is 6.07 Å². The highest BCUT2D eigenvalue weighted by molar-refractivity contribution is 6.42. The Morgan fingerprint density at radius 1 is 1.00 bits per heavy atom. The average Bonchev–Trinajstić information content (AvgIpc) is 2.47. The number of hydrogen-bond donors (Lipinski definition) is 1. The maximum atomic E-state index is 6.11. The molecule has 0 aromatic heterocycles. The van der Waals surface area contributed by atoms with E-state index in [1.165, 1.54) is 5.56 Å². The zero-order valence-corrected chi connectivity index (χ0v) is 12.8. The second-order valence-corrected chi connectivity index (χ2v) is 5.17. The Bertz CT molecular complexity index is 572. The third-order valence-electron chi connectivity index (χ3n) is 2.98. The molecule has 0 aliphatic heterocycles. The van der Waals surface area contributed by atoms with Crippen LogP contribution in [0.3, 0.4) is 0 Å². The van der Waals surface area contributed by atoms with E-state index in [9.17, 15) is 0 Å². The highest BCUT2D eigenvalue weighted by Gasteiger charge is 2.07. The maximum Gasteiger partial charge on any atom is 0.139 e. The largest absolute Gasteiger partial charge is 0.487 e. The first-order valence-corrected chi connectivity index (χ1v) is 7.32. The van der Waals surface area contributed by atoms with Crippen molar-refractivity contribution in [3.63, 3.8) is 0 Å². The molecule has 2 nitrogen and oxygen atoms in total. The van der Waals surface area contributed by atoms with Gasteiger partial charge in [0.05, 0.1) is 5.02 Å². The fraction of sp³-hybridized carbons (Fsp3) is 0.250. The molecule has 0 saturated heterocycles. The van der Waals surface area contributed by atoms with Crippen LogP contribution < -0.4 is 10.1 Å². The SMILES string of the molecule is CCNCc1ccccc1COc1cccc(Cl)c1Cl. The van der Waals surface area contributed by atoms with Gasteiger partial charge < -0.3 is 10.1 Å². The Labute approximate surface area is 129 Å². The van der Waals surface area contributed by atoms with Crippen molar-refractivity contribution in [1.29, 1.82) is 0 Å². The summed E-state index contributed by atoms with van der Waals surface area (Å²) in [5.74, 6) is 0.609. The maximum absolute atomic E-state index is 6.11. The topological polar surface area (TPSA) is 21.3 Å². The summed E-state index contributed by atoms with van der Waals surface area (Å²) in [5, 5.41) is 4.28. The summed E-state index contributed by atoms with van der Waals surface area (Å²) in [6.45, 7) is 4.33. The number of halogens is 2. The Balaban J connectivity index is 2.09. The molecule has 0 bridgehead atoms. The Kier molecular flexibility index (Phi) is 5.72. The van der Waals surface area contributed by atoms with Gasteiger partial charge in [-0.05, 0) is 29.8 Å². The lowest BCUT2D eigenvalue weighted by molar-refractivity contribution is 0.305. The molecule has 0 fully saturated rings. The summed E-state index contributed by atoms with van der Waals surface area (Å²) >= 11 is 12.1. The van der Waals surface area contributed by atoms with Gasteiger partial charge >= 0.3 is 0 Å². The highest BCUT2D eigenvalue weighted by atomic mass is 35.5. The number of ether oxygens (including phenoxy) is 1. The van der Waals surface area contributed by atoms with Crippen LogP contribution in [0.25, 0.3) is 0 Å². The molecule has 0 heterocycles. The normalized spacial score (nSPS) is 10.6. The van der Waals surface area contributed by atoms with Crippen molar-refractivity contribution in [3.05, 3.63) is 63.6 Å². The Morgan fingerprint density at radius 3 is 2.50 bits per heavy atom. The molecule has 0 aliphatic carbocycles. The lowest BCUT2D eigenvalue weighted by Crippen LogP contribution is -2.14. The van der Waals surface area contributed by atoms with Crippen LogP contribution in [0.1, 0.15) is 18.1 Å². The smallest absolute Gasteiger partial charge is 0.139 e. The van der Waals surface area contributed by atoms with E-state index in [1.807, 2.05) is 24.3 Å². The predicted octanol–water partition coefficient (Wildman–Crippen LogP) is 4.68. The molecule has 0 saturated carbocycles. The van der Waals surface area contributed by atoms with Crippen molar-refractivity contribution in [2.75, 3.05) is 6.54 Å². The first-order valence-electron chi connectivity index (χ1n) is 6.56. The van der Waals surface area contributed by atoms with Crippen LogP contribution in [0, 0.1) is 0 Å². The van der Waals surface area contributed by atoms with E-state index < -0.39 is 0 Å². The van der Waals surface area contributed by atoms with Crippen molar-refractivity contribution in [2.45, 2.75) is 20.1 Å². The monoisotopic (exact) mass is 309 g/mol. The van der Waals surface area contributed by atoms with Gasteiger partial charge in [0, 0.05) is 6.54 Å². The molecule has 2 aromatic rings. The molecule has 20 heavy (non-hydrogen) atoms. The number of nitrogens with one attached hydrogen (secondary N) is 1. The minimum Gasteiger partial charge on any atom is -0.487 e. The molecular weight excluding hydrogens is 293 g/mol. The number of rotatable bonds is 6. The van der Waals surface area contributed by atoms with Crippen molar-refractivity contribution in [1.82, 2.24) is 5.32 Å². The third kappa shape index (κ3) is 3.89. The zero-order chi connectivity index (χ0) is 14.4. The molecule has 1 N–H and O–H groups in total. The molecule has 2 rings (SSSR count). The van der Waals surface area contributed by atoms with Gasteiger partial charge in [0.25, 0.3) is 0 Å². The summed E-state index contributed by atoms with van der Waals surface area (Å²) in [7, 11) is 0. The minimum atomic E-state index is 0.457. The van der Waals surface area contributed by atoms with Crippen LogP contribution in [0.2, 0.25) is 10.0 Å².